The first-order valence-electron chi connectivity index (χ1n) is 9.32. The first kappa shape index (κ1) is 17.2. The monoisotopic (exact) mass is 381 g/mol. The molecule has 1 amide bonds. The maximum absolute atomic E-state index is 13.7. The lowest BCUT2D eigenvalue weighted by atomic mass is 10.0. The largest absolute Gasteiger partial charge is 0.469 e. The van der Waals surface area contributed by atoms with E-state index in [0.717, 1.165) is 23.5 Å². The smallest absolute Gasteiger partial charge is 0.257 e. The van der Waals surface area contributed by atoms with Crippen LogP contribution in [0, 0.1) is 12.7 Å². The molecule has 7 heteroatoms. The second-order valence-electron chi connectivity index (χ2n) is 7.50. The molecule has 4 heterocycles. The van der Waals surface area contributed by atoms with Gasteiger partial charge in [0.2, 0.25) is 0 Å². The molecule has 1 atom stereocenters. The van der Waals surface area contributed by atoms with E-state index in [1.54, 1.807) is 25.3 Å². The summed E-state index contributed by atoms with van der Waals surface area (Å²) in [6.45, 7) is 3.89. The second kappa shape index (κ2) is 6.31. The second-order valence-corrected chi connectivity index (χ2v) is 7.50. The first-order chi connectivity index (χ1) is 13.5. The normalized spacial score (nSPS) is 21.3. The lowest BCUT2D eigenvalue weighted by molar-refractivity contribution is -0.0804. The summed E-state index contributed by atoms with van der Waals surface area (Å²) in [5.74, 6) is 1.14. The van der Waals surface area contributed by atoms with E-state index in [4.69, 9.17) is 9.15 Å². The molecule has 2 aliphatic heterocycles. The number of fused-ring (bicyclic) bond motifs is 1. The van der Waals surface area contributed by atoms with Crippen LogP contribution >= 0.6 is 0 Å². The lowest BCUT2D eigenvalue weighted by Crippen LogP contribution is -2.45. The van der Waals surface area contributed by atoms with Crippen LogP contribution in [0.4, 0.5) is 4.39 Å². The third kappa shape index (κ3) is 2.74. The van der Waals surface area contributed by atoms with Crippen molar-refractivity contribution in [1.82, 2.24) is 14.5 Å². The van der Waals surface area contributed by atoms with Gasteiger partial charge in [0, 0.05) is 12.1 Å². The van der Waals surface area contributed by atoms with Crippen molar-refractivity contribution in [3.63, 3.8) is 0 Å². The van der Waals surface area contributed by atoms with E-state index >= 15 is 0 Å². The summed E-state index contributed by atoms with van der Waals surface area (Å²) in [4.78, 5) is 19.1. The molecular formula is C21H20FN3O3. The molecule has 5 rings (SSSR count). The van der Waals surface area contributed by atoms with Gasteiger partial charge >= 0.3 is 0 Å². The fourth-order valence-electron chi connectivity index (χ4n) is 4.18. The van der Waals surface area contributed by atoms with Crippen molar-refractivity contribution in [3.05, 3.63) is 65.8 Å². The zero-order chi connectivity index (χ0) is 19.3. The van der Waals surface area contributed by atoms with Crippen LogP contribution in [0.15, 0.2) is 47.2 Å². The molecule has 0 bridgehead atoms. The molecule has 2 aromatic heterocycles. The van der Waals surface area contributed by atoms with Crippen LogP contribution in [0.3, 0.4) is 0 Å². The number of ether oxygens (including phenoxy) is 1. The Kier molecular flexibility index (Phi) is 3.87. The molecule has 1 saturated heterocycles. The van der Waals surface area contributed by atoms with Crippen LogP contribution in [-0.2, 0) is 17.9 Å². The highest BCUT2D eigenvalue weighted by Gasteiger charge is 2.45. The van der Waals surface area contributed by atoms with E-state index in [0.29, 0.717) is 37.6 Å². The highest BCUT2D eigenvalue weighted by Crippen LogP contribution is 2.36. The van der Waals surface area contributed by atoms with Gasteiger partial charge in [0.25, 0.3) is 5.91 Å². The van der Waals surface area contributed by atoms with Crippen molar-refractivity contribution in [3.8, 4) is 11.3 Å². The van der Waals surface area contributed by atoms with Crippen molar-refractivity contribution in [2.45, 2.75) is 32.1 Å². The number of carbonyl (C=O) groups excluding carboxylic acids is 1. The minimum absolute atomic E-state index is 0.0338. The van der Waals surface area contributed by atoms with E-state index in [-0.39, 0.29) is 11.7 Å². The number of hydrogen-bond donors (Lipinski definition) is 0. The van der Waals surface area contributed by atoms with E-state index in [9.17, 15) is 9.18 Å². The number of imidazole rings is 1. The van der Waals surface area contributed by atoms with Crippen molar-refractivity contribution in [2.75, 3.05) is 13.1 Å². The van der Waals surface area contributed by atoms with Gasteiger partial charge in [-0.05, 0) is 31.5 Å². The van der Waals surface area contributed by atoms with Gasteiger partial charge < -0.3 is 18.6 Å². The molecular weight excluding hydrogens is 361 g/mol. The minimum Gasteiger partial charge on any atom is -0.469 e. The van der Waals surface area contributed by atoms with Gasteiger partial charge in [0.15, 0.2) is 0 Å². The predicted octanol–water partition coefficient (Wildman–Crippen LogP) is 3.41. The quantitative estimate of drug-likeness (QED) is 0.683. The Labute approximate surface area is 161 Å². The van der Waals surface area contributed by atoms with Crippen LogP contribution < -0.4 is 0 Å². The highest BCUT2D eigenvalue weighted by atomic mass is 19.1. The minimum atomic E-state index is -0.455. The Morgan fingerprint density at radius 1 is 1.29 bits per heavy atom. The van der Waals surface area contributed by atoms with E-state index < -0.39 is 5.60 Å². The number of benzene rings is 1. The summed E-state index contributed by atoms with van der Waals surface area (Å²) < 4.78 is 27.2. The number of rotatable bonds is 2. The molecule has 0 radical (unpaired) electrons. The van der Waals surface area contributed by atoms with E-state index in [1.165, 1.54) is 18.4 Å². The van der Waals surface area contributed by atoms with Crippen LogP contribution in [0.25, 0.3) is 11.3 Å². The molecule has 3 aromatic rings. The van der Waals surface area contributed by atoms with Gasteiger partial charge in [0.1, 0.15) is 29.6 Å². The van der Waals surface area contributed by atoms with Gasteiger partial charge in [-0.2, -0.15) is 0 Å². The number of carbonyl (C=O) groups is 1. The number of amides is 1. The van der Waals surface area contributed by atoms with Gasteiger partial charge in [-0.25, -0.2) is 9.37 Å². The molecule has 1 fully saturated rings. The molecule has 144 valence electrons. The summed E-state index contributed by atoms with van der Waals surface area (Å²) in [7, 11) is 0. The molecule has 0 N–H and O–H groups in total. The van der Waals surface area contributed by atoms with E-state index in [1.807, 2.05) is 11.0 Å². The van der Waals surface area contributed by atoms with Crippen molar-refractivity contribution < 1.29 is 18.3 Å². The van der Waals surface area contributed by atoms with Crippen molar-refractivity contribution >= 4 is 5.91 Å². The fraction of sp³-hybridized carbons (Fsp3) is 0.333. The Morgan fingerprint density at radius 3 is 2.96 bits per heavy atom. The molecule has 0 unspecified atom stereocenters. The van der Waals surface area contributed by atoms with Crippen LogP contribution in [-0.4, -0.2) is 39.0 Å². The van der Waals surface area contributed by atoms with Gasteiger partial charge in [-0.3, -0.25) is 4.79 Å². The lowest BCUT2D eigenvalue weighted by Gasteiger charge is -2.35. The molecule has 28 heavy (non-hydrogen) atoms. The van der Waals surface area contributed by atoms with Crippen LogP contribution in [0.2, 0.25) is 0 Å². The Hall–Kier alpha value is -2.93. The summed E-state index contributed by atoms with van der Waals surface area (Å²) in [6.07, 6.45) is 4.05. The fourth-order valence-corrected chi connectivity index (χ4v) is 4.18. The van der Waals surface area contributed by atoms with Crippen LogP contribution in [0.1, 0.15) is 28.4 Å². The molecule has 2 aliphatic rings. The standard InChI is InChI=1S/C21H20FN3O3/c1-14-17(5-8-27-14)20(26)24-7-6-21(12-24)13-25-18(10-23-19(25)11-28-21)15-3-2-4-16(22)9-15/h2-5,8-10H,6-7,11-13H2,1H3/t21-/m0/s1. The number of halogens is 1. The average molecular weight is 381 g/mol. The summed E-state index contributed by atoms with van der Waals surface area (Å²) in [5.41, 5.74) is 1.79. The predicted molar refractivity (Wildman–Crippen MR) is 99.1 cm³/mol. The van der Waals surface area contributed by atoms with Gasteiger partial charge in [-0.1, -0.05) is 12.1 Å². The number of aryl methyl sites for hydroxylation is 1. The zero-order valence-electron chi connectivity index (χ0n) is 15.5. The summed E-state index contributed by atoms with van der Waals surface area (Å²) >= 11 is 0. The third-order valence-electron chi connectivity index (χ3n) is 5.71. The summed E-state index contributed by atoms with van der Waals surface area (Å²) in [6, 6.07) is 8.23. The average Bonchev–Trinajstić information content (AvgIpc) is 3.40. The van der Waals surface area contributed by atoms with Crippen molar-refractivity contribution in [1.29, 1.82) is 0 Å². The van der Waals surface area contributed by atoms with Gasteiger partial charge in [0.05, 0.1) is 36.8 Å². The molecule has 6 nitrogen and oxygen atoms in total. The number of furan rings is 1. The van der Waals surface area contributed by atoms with Crippen molar-refractivity contribution in [2.24, 2.45) is 0 Å². The summed E-state index contributed by atoms with van der Waals surface area (Å²) in [5, 5.41) is 0. The first-order valence-corrected chi connectivity index (χ1v) is 9.32. The van der Waals surface area contributed by atoms with Crippen LogP contribution in [0.5, 0.6) is 0 Å². The molecule has 1 aromatic carbocycles. The molecule has 0 aliphatic carbocycles. The van der Waals surface area contributed by atoms with E-state index in [2.05, 4.69) is 9.55 Å². The highest BCUT2D eigenvalue weighted by molar-refractivity contribution is 5.95. The Bertz CT molecular complexity index is 1060. The third-order valence-corrected chi connectivity index (χ3v) is 5.71. The Morgan fingerprint density at radius 2 is 2.18 bits per heavy atom. The maximum Gasteiger partial charge on any atom is 0.257 e. The number of likely N-dealkylation sites (tertiary alicyclic amines) is 1. The van der Waals surface area contributed by atoms with Gasteiger partial charge in [-0.15, -0.1) is 0 Å². The molecule has 0 saturated carbocycles. The maximum atomic E-state index is 13.7. The topological polar surface area (TPSA) is 60.5 Å². The molecule has 1 spiro atoms. The number of aromatic nitrogens is 2. The number of hydrogen-bond acceptors (Lipinski definition) is 4. The zero-order valence-corrected chi connectivity index (χ0v) is 15.5. The Balaban J connectivity index is 1.41. The number of nitrogens with zero attached hydrogens (tertiary/aromatic N) is 3. The SMILES string of the molecule is Cc1occc1C(=O)N1CC[C@]2(C1)Cn1c(-c3cccc(F)c3)cnc1CO2.